The largest absolute Gasteiger partial charge is 0.493 e. The van der Waals surface area contributed by atoms with Crippen molar-refractivity contribution in [2.24, 2.45) is 0 Å². The molecule has 4 aromatic rings. The number of aromatic nitrogens is 3. The van der Waals surface area contributed by atoms with E-state index < -0.39 is 0 Å². The standard InChI is InChI=1S/C25H25Cl2N5O2S/c1-32-7-3-4-15(11-32)25-31-17(13-35-25)12-34-23-10-21-18(9-22(23)33-2)24(29-14-28-21)30-16-5-6-19(26)20(27)8-16/h5-6,8-10,13-15H,3-4,7,11-12H2,1-2H3,(H,28,29,30). The van der Waals surface area contributed by atoms with Crippen molar-refractivity contribution in [1.82, 2.24) is 19.9 Å². The first-order chi connectivity index (χ1) is 17.0. The Morgan fingerprint density at radius 3 is 2.83 bits per heavy atom. The van der Waals surface area contributed by atoms with Crippen LogP contribution in [-0.2, 0) is 6.61 Å². The first-order valence-electron chi connectivity index (χ1n) is 11.3. The maximum Gasteiger partial charge on any atom is 0.163 e. The number of rotatable bonds is 7. The Balaban J connectivity index is 1.35. The van der Waals surface area contributed by atoms with Crippen molar-refractivity contribution in [2.75, 3.05) is 32.6 Å². The summed E-state index contributed by atoms with van der Waals surface area (Å²) in [6.45, 7) is 2.58. The van der Waals surface area contributed by atoms with E-state index in [1.807, 2.05) is 18.2 Å². The minimum atomic E-state index is 0.361. The van der Waals surface area contributed by atoms with E-state index in [0.717, 1.165) is 35.4 Å². The number of nitrogens with one attached hydrogen (secondary N) is 1. The molecule has 1 N–H and O–H groups in total. The zero-order chi connectivity index (χ0) is 24.4. The van der Waals surface area contributed by atoms with Crippen LogP contribution in [0.15, 0.2) is 42.0 Å². The van der Waals surface area contributed by atoms with Crippen molar-refractivity contribution in [3.8, 4) is 11.5 Å². The van der Waals surface area contributed by atoms with Crippen LogP contribution in [-0.4, -0.2) is 47.1 Å². The fourth-order valence-corrected chi connectivity index (χ4v) is 5.47. The number of methoxy groups -OCH3 is 1. The van der Waals surface area contributed by atoms with Crippen LogP contribution in [0.5, 0.6) is 11.5 Å². The Labute approximate surface area is 218 Å². The number of hydrogen-bond acceptors (Lipinski definition) is 8. The molecular weight excluding hydrogens is 505 g/mol. The summed E-state index contributed by atoms with van der Waals surface area (Å²) in [7, 11) is 3.79. The molecule has 0 bridgehead atoms. The molecule has 0 amide bonds. The summed E-state index contributed by atoms with van der Waals surface area (Å²) in [5, 5.41) is 8.29. The number of piperidine rings is 1. The lowest BCUT2D eigenvalue weighted by atomic mass is 9.99. The van der Waals surface area contributed by atoms with E-state index in [9.17, 15) is 0 Å². The molecule has 10 heteroatoms. The minimum Gasteiger partial charge on any atom is -0.493 e. The molecule has 182 valence electrons. The summed E-state index contributed by atoms with van der Waals surface area (Å²) in [5.41, 5.74) is 2.41. The number of hydrogen-bond donors (Lipinski definition) is 1. The SMILES string of the molecule is COc1cc2c(Nc3ccc(Cl)c(Cl)c3)ncnc2cc1OCc1csc(C2CCCN(C)C2)n1. The fourth-order valence-electron chi connectivity index (χ4n) is 4.24. The van der Waals surface area contributed by atoms with Gasteiger partial charge in [0.05, 0.1) is 33.4 Å². The number of nitrogens with zero attached hydrogens (tertiary/aromatic N) is 4. The van der Waals surface area contributed by atoms with E-state index in [4.69, 9.17) is 37.7 Å². The number of halogens is 2. The smallest absolute Gasteiger partial charge is 0.163 e. The van der Waals surface area contributed by atoms with E-state index in [2.05, 4.69) is 32.6 Å². The molecule has 1 saturated heterocycles. The van der Waals surface area contributed by atoms with E-state index in [0.29, 0.717) is 39.9 Å². The summed E-state index contributed by atoms with van der Waals surface area (Å²) in [4.78, 5) is 16.0. The van der Waals surface area contributed by atoms with E-state index in [1.54, 1.807) is 30.6 Å². The fraction of sp³-hybridized carbons (Fsp3) is 0.320. The van der Waals surface area contributed by atoms with Gasteiger partial charge in [0.15, 0.2) is 11.5 Å². The second-order valence-electron chi connectivity index (χ2n) is 8.56. The first kappa shape index (κ1) is 24.1. The molecule has 2 aromatic heterocycles. The molecule has 3 heterocycles. The van der Waals surface area contributed by atoms with Crippen LogP contribution in [0.1, 0.15) is 29.5 Å². The molecule has 5 rings (SSSR count). The van der Waals surface area contributed by atoms with Gasteiger partial charge in [0.25, 0.3) is 0 Å². The van der Waals surface area contributed by atoms with Crippen LogP contribution in [0.25, 0.3) is 10.9 Å². The molecule has 0 radical (unpaired) electrons. The molecule has 7 nitrogen and oxygen atoms in total. The van der Waals surface area contributed by atoms with Crippen molar-refractivity contribution in [3.05, 3.63) is 62.8 Å². The average molecular weight is 530 g/mol. The van der Waals surface area contributed by atoms with Crippen molar-refractivity contribution in [3.63, 3.8) is 0 Å². The number of anilines is 2. The van der Waals surface area contributed by atoms with Gasteiger partial charge in [-0.25, -0.2) is 15.0 Å². The topological polar surface area (TPSA) is 72.4 Å². The first-order valence-corrected chi connectivity index (χ1v) is 12.9. The van der Waals surface area contributed by atoms with Gasteiger partial charge in [-0.3, -0.25) is 0 Å². The molecule has 0 aliphatic carbocycles. The highest BCUT2D eigenvalue weighted by Gasteiger charge is 2.22. The molecule has 1 aliphatic heterocycles. The molecule has 35 heavy (non-hydrogen) atoms. The predicted octanol–water partition coefficient (Wildman–Crippen LogP) is 6.53. The number of likely N-dealkylation sites (N-methyl/N-ethyl adjacent to an activating group) is 1. The highest BCUT2D eigenvalue weighted by molar-refractivity contribution is 7.09. The molecule has 0 saturated carbocycles. The van der Waals surface area contributed by atoms with Crippen LogP contribution in [0, 0.1) is 0 Å². The highest BCUT2D eigenvalue weighted by atomic mass is 35.5. The molecular formula is C25H25Cl2N5O2S. The van der Waals surface area contributed by atoms with Gasteiger partial charge >= 0.3 is 0 Å². The van der Waals surface area contributed by atoms with Crippen molar-refractivity contribution < 1.29 is 9.47 Å². The van der Waals surface area contributed by atoms with Crippen LogP contribution in [0.4, 0.5) is 11.5 Å². The Morgan fingerprint density at radius 1 is 1.14 bits per heavy atom. The number of ether oxygens (including phenoxy) is 2. The maximum atomic E-state index is 6.16. The number of benzene rings is 2. The lowest BCUT2D eigenvalue weighted by molar-refractivity contribution is 0.249. The summed E-state index contributed by atoms with van der Waals surface area (Å²) in [6, 6.07) is 9.05. The predicted molar refractivity (Wildman–Crippen MR) is 142 cm³/mol. The van der Waals surface area contributed by atoms with E-state index in [1.165, 1.54) is 24.2 Å². The Bertz CT molecular complexity index is 1350. The normalized spacial score (nSPS) is 16.4. The van der Waals surface area contributed by atoms with Gasteiger partial charge in [-0.15, -0.1) is 11.3 Å². The van der Waals surface area contributed by atoms with Gasteiger partial charge in [0.1, 0.15) is 18.8 Å². The van der Waals surface area contributed by atoms with Gasteiger partial charge < -0.3 is 19.7 Å². The van der Waals surface area contributed by atoms with Gasteiger partial charge in [0, 0.05) is 35.0 Å². The summed E-state index contributed by atoms with van der Waals surface area (Å²) < 4.78 is 11.8. The van der Waals surface area contributed by atoms with Crippen LogP contribution < -0.4 is 14.8 Å². The lowest BCUT2D eigenvalue weighted by Gasteiger charge is -2.28. The lowest BCUT2D eigenvalue weighted by Crippen LogP contribution is -2.30. The van der Waals surface area contributed by atoms with Crippen LogP contribution in [0.2, 0.25) is 10.0 Å². The van der Waals surface area contributed by atoms with Crippen molar-refractivity contribution >= 4 is 56.9 Å². The summed E-state index contributed by atoms with van der Waals surface area (Å²) >= 11 is 13.9. The highest BCUT2D eigenvalue weighted by Crippen LogP contribution is 2.36. The Morgan fingerprint density at radius 2 is 2.03 bits per heavy atom. The zero-order valence-electron chi connectivity index (χ0n) is 19.4. The molecule has 1 aliphatic rings. The van der Waals surface area contributed by atoms with Gasteiger partial charge in [-0.1, -0.05) is 23.2 Å². The minimum absolute atomic E-state index is 0.361. The van der Waals surface area contributed by atoms with E-state index >= 15 is 0 Å². The Hall–Kier alpha value is -2.65. The summed E-state index contributed by atoms with van der Waals surface area (Å²) in [6.07, 6.45) is 3.91. The number of likely N-dealkylation sites (tertiary alicyclic amines) is 1. The van der Waals surface area contributed by atoms with Gasteiger partial charge in [0.2, 0.25) is 0 Å². The van der Waals surface area contributed by atoms with Crippen LogP contribution >= 0.6 is 34.5 Å². The second kappa shape index (κ2) is 10.5. The number of thiazole rings is 1. The third-order valence-electron chi connectivity index (χ3n) is 6.02. The number of fused-ring (bicyclic) bond motifs is 1. The van der Waals surface area contributed by atoms with Crippen molar-refractivity contribution in [2.45, 2.75) is 25.4 Å². The summed E-state index contributed by atoms with van der Waals surface area (Å²) in [5.74, 6) is 2.32. The third kappa shape index (κ3) is 5.46. The maximum absolute atomic E-state index is 6.16. The molecule has 1 unspecified atom stereocenters. The second-order valence-corrected chi connectivity index (χ2v) is 10.3. The molecule has 2 aromatic carbocycles. The molecule has 0 spiro atoms. The third-order valence-corrected chi connectivity index (χ3v) is 7.82. The molecule has 1 fully saturated rings. The zero-order valence-corrected chi connectivity index (χ0v) is 21.8. The van der Waals surface area contributed by atoms with Crippen LogP contribution in [0.3, 0.4) is 0 Å². The van der Waals surface area contributed by atoms with Gasteiger partial charge in [-0.05, 0) is 50.7 Å². The van der Waals surface area contributed by atoms with E-state index in [-0.39, 0.29) is 0 Å². The molecule has 1 atom stereocenters. The van der Waals surface area contributed by atoms with Gasteiger partial charge in [-0.2, -0.15) is 0 Å². The monoisotopic (exact) mass is 529 g/mol. The van der Waals surface area contributed by atoms with Crippen molar-refractivity contribution in [1.29, 1.82) is 0 Å². The quantitative estimate of drug-likeness (QED) is 0.291. The average Bonchev–Trinajstić information content (AvgIpc) is 3.34. The Kier molecular flexibility index (Phi) is 7.24.